The smallest absolute Gasteiger partial charge is 0.293 e. The van der Waals surface area contributed by atoms with Crippen molar-refractivity contribution in [1.29, 1.82) is 0 Å². The molecule has 1 aliphatic carbocycles. The molecule has 1 aromatic carbocycles. The monoisotopic (exact) mass is 327 g/mol. The van der Waals surface area contributed by atoms with E-state index in [9.17, 15) is 9.90 Å². The molecule has 0 spiro atoms. The Morgan fingerprint density at radius 2 is 2.04 bits per heavy atom. The Labute approximate surface area is 141 Å². The van der Waals surface area contributed by atoms with Crippen LogP contribution >= 0.6 is 0 Å². The zero-order chi connectivity index (χ0) is 17.0. The van der Waals surface area contributed by atoms with Gasteiger partial charge in [-0.05, 0) is 56.7 Å². The van der Waals surface area contributed by atoms with Crippen LogP contribution in [0, 0.1) is 12.8 Å². The van der Waals surface area contributed by atoms with Crippen molar-refractivity contribution in [3.05, 3.63) is 34.1 Å². The number of hydrogen-bond acceptors (Lipinski definition) is 4. The summed E-state index contributed by atoms with van der Waals surface area (Å²) < 4.78 is 1.81. The van der Waals surface area contributed by atoms with E-state index in [0.29, 0.717) is 5.92 Å². The second kappa shape index (κ2) is 5.52. The second-order valence-corrected chi connectivity index (χ2v) is 7.44. The summed E-state index contributed by atoms with van der Waals surface area (Å²) in [7, 11) is 0. The third-order valence-electron chi connectivity index (χ3n) is 5.63. The lowest BCUT2D eigenvalue weighted by molar-refractivity contribution is 0.460. The Hall–Kier alpha value is -2.01. The first-order valence-electron chi connectivity index (χ1n) is 8.85. The van der Waals surface area contributed by atoms with Gasteiger partial charge >= 0.3 is 0 Å². The highest BCUT2D eigenvalue weighted by Gasteiger charge is 2.30. The maximum absolute atomic E-state index is 12.5. The molecule has 1 unspecified atom stereocenters. The van der Waals surface area contributed by atoms with Crippen LogP contribution in [0.4, 0.5) is 5.69 Å². The number of nitrogens with zero attached hydrogens (tertiary/aromatic N) is 2. The number of benzene rings is 1. The van der Waals surface area contributed by atoms with Crippen molar-refractivity contribution in [3.63, 3.8) is 0 Å². The van der Waals surface area contributed by atoms with Gasteiger partial charge in [0.25, 0.3) is 5.56 Å². The van der Waals surface area contributed by atoms with Gasteiger partial charge in [0.2, 0.25) is 0 Å². The number of aryl methyl sites for hydroxylation is 1. The van der Waals surface area contributed by atoms with Crippen molar-refractivity contribution in [2.24, 2.45) is 11.7 Å². The van der Waals surface area contributed by atoms with Gasteiger partial charge in [0, 0.05) is 36.2 Å². The Morgan fingerprint density at radius 1 is 1.29 bits per heavy atom. The molecular formula is C19H25N3O2. The third-order valence-corrected chi connectivity index (χ3v) is 5.63. The van der Waals surface area contributed by atoms with Gasteiger partial charge in [0.05, 0.1) is 5.52 Å². The summed E-state index contributed by atoms with van der Waals surface area (Å²) >= 11 is 0. The van der Waals surface area contributed by atoms with Gasteiger partial charge in [0.15, 0.2) is 5.75 Å². The van der Waals surface area contributed by atoms with Crippen LogP contribution in [-0.2, 0) is 0 Å². The molecule has 2 aliphatic rings. The third kappa shape index (κ3) is 2.38. The van der Waals surface area contributed by atoms with Crippen molar-refractivity contribution in [2.45, 2.75) is 45.2 Å². The number of hydrogen-bond donors (Lipinski definition) is 2. The largest absolute Gasteiger partial charge is 0.503 e. The number of rotatable bonds is 3. The van der Waals surface area contributed by atoms with Gasteiger partial charge in [-0.15, -0.1) is 0 Å². The van der Waals surface area contributed by atoms with Crippen LogP contribution in [0.1, 0.15) is 37.8 Å². The number of anilines is 1. The fourth-order valence-corrected chi connectivity index (χ4v) is 4.04. The molecule has 2 aromatic rings. The predicted octanol–water partition coefficient (Wildman–Crippen LogP) is 2.52. The number of pyridine rings is 1. The summed E-state index contributed by atoms with van der Waals surface area (Å²) in [6.07, 6.45) is 3.14. The van der Waals surface area contributed by atoms with Crippen molar-refractivity contribution >= 4 is 16.6 Å². The van der Waals surface area contributed by atoms with Gasteiger partial charge < -0.3 is 20.3 Å². The molecule has 2 heterocycles. The van der Waals surface area contributed by atoms with Crippen molar-refractivity contribution in [2.75, 3.05) is 18.0 Å². The first-order chi connectivity index (χ1) is 11.5. The molecule has 3 N–H and O–H groups in total. The van der Waals surface area contributed by atoms with Gasteiger partial charge in [-0.25, -0.2) is 0 Å². The van der Waals surface area contributed by atoms with E-state index in [4.69, 9.17) is 5.73 Å². The van der Waals surface area contributed by atoms with E-state index >= 15 is 0 Å². The molecule has 4 rings (SSSR count). The van der Waals surface area contributed by atoms with Gasteiger partial charge in [-0.3, -0.25) is 4.79 Å². The van der Waals surface area contributed by atoms with Crippen LogP contribution in [0.5, 0.6) is 5.75 Å². The molecule has 24 heavy (non-hydrogen) atoms. The summed E-state index contributed by atoms with van der Waals surface area (Å²) in [6.45, 7) is 6.14. The maximum atomic E-state index is 12.5. The lowest BCUT2D eigenvalue weighted by Gasteiger charge is -2.24. The van der Waals surface area contributed by atoms with Crippen LogP contribution in [0.25, 0.3) is 10.9 Å². The molecule has 1 saturated carbocycles. The number of aromatic nitrogens is 1. The van der Waals surface area contributed by atoms with E-state index in [1.807, 2.05) is 10.6 Å². The molecular weight excluding hydrogens is 302 g/mol. The van der Waals surface area contributed by atoms with Crippen LogP contribution in [0.3, 0.4) is 0 Å². The fourth-order valence-electron chi connectivity index (χ4n) is 4.04. The highest BCUT2D eigenvalue weighted by Crippen LogP contribution is 2.39. The molecule has 0 radical (unpaired) electrons. The first kappa shape index (κ1) is 15.5. The Kier molecular flexibility index (Phi) is 3.57. The van der Waals surface area contributed by atoms with Gasteiger partial charge in [-0.2, -0.15) is 0 Å². The molecule has 1 aromatic heterocycles. The molecule has 1 saturated heterocycles. The van der Waals surface area contributed by atoms with E-state index in [1.165, 1.54) is 5.69 Å². The zero-order valence-corrected chi connectivity index (χ0v) is 14.3. The standard InChI is InChI=1S/C19H25N3O2/c1-11-16(21-8-7-14(10-21)12(2)20)6-3-13-9-17(23)19(24)22(18(11)13)15-4-5-15/h3,6,9,12,14-15,23H,4-5,7-8,10,20H2,1-2H3/t12-,14?/m0/s1. The van der Waals surface area contributed by atoms with Crippen LogP contribution in [0.2, 0.25) is 0 Å². The Bertz CT molecular complexity index is 852. The van der Waals surface area contributed by atoms with Crippen molar-refractivity contribution in [3.8, 4) is 5.75 Å². The minimum absolute atomic E-state index is 0.153. The van der Waals surface area contributed by atoms with Crippen LogP contribution in [0.15, 0.2) is 23.0 Å². The highest BCUT2D eigenvalue weighted by molar-refractivity contribution is 5.88. The van der Waals surface area contributed by atoms with Gasteiger partial charge in [-0.1, -0.05) is 6.07 Å². The van der Waals surface area contributed by atoms with Crippen molar-refractivity contribution < 1.29 is 5.11 Å². The lowest BCUT2D eigenvalue weighted by atomic mass is 10.0. The minimum atomic E-state index is -0.264. The van der Waals surface area contributed by atoms with Gasteiger partial charge in [0.1, 0.15) is 0 Å². The van der Waals surface area contributed by atoms with E-state index in [1.54, 1.807) is 6.07 Å². The Balaban J connectivity index is 1.85. The van der Waals surface area contributed by atoms with Crippen LogP contribution in [-0.4, -0.2) is 28.8 Å². The summed E-state index contributed by atoms with van der Waals surface area (Å²) in [5.74, 6) is 0.366. The topological polar surface area (TPSA) is 71.5 Å². The fraction of sp³-hybridized carbons (Fsp3) is 0.526. The molecule has 0 amide bonds. The number of nitrogens with two attached hydrogens (primary N) is 1. The summed E-state index contributed by atoms with van der Waals surface area (Å²) in [5.41, 5.74) is 9.10. The maximum Gasteiger partial charge on any atom is 0.293 e. The SMILES string of the molecule is Cc1c(N2CCC([C@H](C)N)C2)ccc2cc(O)c(=O)n(C3CC3)c12. The van der Waals surface area contributed by atoms with E-state index in [0.717, 1.165) is 48.8 Å². The normalized spacial score (nSPS) is 22.3. The number of fused-ring (bicyclic) bond motifs is 1. The second-order valence-electron chi connectivity index (χ2n) is 7.44. The summed E-state index contributed by atoms with van der Waals surface area (Å²) in [4.78, 5) is 14.9. The van der Waals surface area contributed by atoms with E-state index in [2.05, 4.69) is 24.8 Å². The molecule has 0 bridgehead atoms. The molecule has 1 aliphatic heterocycles. The molecule has 5 heteroatoms. The first-order valence-corrected chi connectivity index (χ1v) is 8.85. The Morgan fingerprint density at radius 3 is 2.67 bits per heavy atom. The average Bonchev–Trinajstić information content (AvgIpc) is 3.25. The van der Waals surface area contributed by atoms with Crippen LogP contribution < -0.4 is 16.2 Å². The molecule has 5 nitrogen and oxygen atoms in total. The predicted molar refractivity (Wildman–Crippen MR) is 96.9 cm³/mol. The van der Waals surface area contributed by atoms with Crippen molar-refractivity contribution in [1.82, 2.24) is 4.57 Å². The summed E-state index contributed by atoms with van der Waals surface area (Å²) in [5, 5.41) is 10.9. The molecule has 2 atom stereocenters. The average molecular weight is 327 g/mol. The zero-order valence-electron chi connectivity index (χ0n) is 14.3. The lowest BCUT2D eigenvalue weighted by Crippen LogP contribution is -2.30. The number of aromatic hydroxyl groups is 1. The quantitative estimate of drug-likeness (QED) is 0.909. The van der Waals surface area contributed by atoms with E-state index < -0.39 is 0 Å². The summed E-state index contributed by atoms with van der Waals surface area (Å²) in [6, 6.07) is 6.17. The molecule has 2 fully saturated rings. The highest BCUT2D eigenvalue weighted by atomic mass is 16.3. The minimum Gasteiger partial charge on any atom is -0.503 e. The van der Waals surface area contributed by atoms with E-state index in [-0.39, 0.29) is 23.4 Å². The molecule has 128 valence electrons.